The van der Waals surface area contributed by atoms with Gasteiger partial charge in [-0.3, -0.25) is 0 Å². The number of benzene rings is 1. The van der Waals surface area contributed by atoms with E-state index in [-0.39, 0.29) is 0 Å². The molecule has 1 N–H and O–H groups in total. The molecule has 18 heavy (non-hydrogen) atoms. The van der Waals surface area contributed by atoms with Crippen molar-refractivity contribution in [2.24, 2.45) is 5.92 Å². The van der Waals surface area contributed by atoms with E-state index >= 15 is 0 Å². The van der Waals surface area contributed by atoms with E-state index in [1.165, 1.54) is 31.2 Å². The standard InChI is InChI=1S/C15H22BrNO/c1-11(17-9-8-12-4-3-5-12)13-6-7-15(18-2)14(16)10-13/h6-7,10-12,17H,3-5,8-9H2,1-2H3. The minimum Gasteiger partial charge on any atom is -0.496 e. The second-order valence-electron chi connectivity index (χ2n) is 5.16. The zero-order valence-corrected chi connectivity index (χ0v) is 12.8. The van der Waals surface area contributed by atoms with E-state index in [4.69, 9.17) is 4.74 Å². The predicted molar refractivity (Wildman–Crippen MR) is 79.1 cm³/mol. The van der Waals surface area contributed by atoms with Crippen LogP contribution in [0.1, 0.15) is 44.2 Å². The molecule has 1 aliphatic carbocycles. The van der Waals surface area contributed by atoms with Crippen LogP contribution in [0.4, 0.5) is 0 Å². The van der Waals surface area contributed by atoms with Crippen molar-refractivity contribution in [3.05, 3.63) is 28.2 Å². The first kappa shape index (κ1) is 13.9. The molecule has 0 radical (unpaired) electrons. The Hall–Kier alpha value is -0.540. The van der Waals surface area contributed by atoms with Gasteiger partial charge in [0.15, 0.2) is 0 Å². The number of methoxy groups -OCH3 is 1. The lowest BCUT2D eigenvalue weighted by Crippen LogP contribution is -2.24. The van der Waals surface area contributed by atoms with E-state index in [0.29, 0.717) is 6.04 Å². The summed E-state index contributed by atoms with van der Waals surface area (Å²) in [5, 5.41) is 3.60. The molecule has 1 saturated carbocycles. The third kappa shape index (κ3) is 3.48. The van der Waals surface area contributed by atoms with Gasteiger partial charge >= 0.3 is 0 Å². The van der Waals surface area contributed by atoms with Gasteiger partial charge in [-0.2, -0.15) is 0 Å². The van der Waals surface area contributed by atoms with Crippen LogP contribution >= 0.6 is 15.9 Å². The maximum Gasteiger partial charge on any atom is 0.133 e. The van der Waals surface area contributed by atoms with Gasteiger partial charge in [0.25, 0.3) is 0 Å². The molecule has 1 unspecified atom stereocenters. The van der Waals surface area contributed by atoms with Gasteiger partial charge in [-0.15, -0.1) is 0 Å². The average Bonchev–Trinajstić information content (AvgIpc) is 2.32. The molecule has 2 rings (SSSR count). The van der Waals surface area contributed by atoms with E-state index in [2.05, 4.69) is 40.3 Å². The summed E-state index contributed by atoms with van der Waals surface area (Å²) < 4.78 is 6.27. The van der Waals surface area contributed by atoms with Gasteiger partial charge in [0.1, 0.15) is 5.75 Å². The average molecular weight is 312 g/mol. The zero-order chi connectivity index (χ0) is 13.0. The molecule has 1 aliphatic rings. The van der Waals surface area contributed by atoms with Crippen molar-refractivity contribution in [3.63, 3.8) is 0 Å². The normalized spacial score (nSPS) is 17.3. The zero-order valence-electron chi connectivity index (χ0n) is 11.2. The van der Waals surface area contributed by atoms with Gasteiger partial charge in [0.2, 0.25) is 0 Å². The van der Waals surface area contributed by atoms with E-state index in [1.807, 2.05) is 6.07 Å². The number of nitrogens with one attached hydrogen (secondary N) is 1. The van der Waals surface area contributed by atoms with Crippen LogP contribution < -0.4 is 10.1 Å². The number of halogens is 1. The predicted octanol–water partition coefficient (Wildman–Crippen LogP) is 4.30. The molecule has 0 bridgehead atoms. The molecule has 100 valence electrons. The third-order valence-electron chi connectivity index (χ3n) is 3.90. The fraction of sp³-hybridized carbons (Fsp3) is 0.600. The largest absolute Gasteiger partial charge is 0.496 e. The van der Waals surface area contributed by atoms with Crippen LogP contribution in [0.15, 0.2) is 22.7 Å². The van der Waals surface area contributed by atoms with Crippen molar-refractivity contribution in [3.8, 4) is 5.75 Å². The molecule has 0 saturated heterocycles. The van der Waals surface area contributed by atoms with Gasteiger partial charge in [-0.05, 0) is 59.4 Å². The van der Waals surface area contributed by atoms with Crippen molar-refractivity contribution in [1.82, 2.24) is 5.32 Å². The molecule has 0 heterocycles. The monoisotopic (exact) mass is 311 g/mol. The van der Waals surface area contributed by atoms with Gasteiger partial charge in [0, 0.05) is 6.04 Å². The quantitative estimate of drug-likeness (QED) is 0.845. The molecule has 1 aromatic rings. The van der Waals surface area contributed by atoms with E-state index in [0.717, 1.165) is 22.7 Å². The van der Waals surface area contributed by atoms with E-state index < -0.39 is 0 Å². The Bertz CT molecular complexity index is 390. The summed E-state index contributed by atoms with van der Waals surface area (Å²) in [6.07, 6.45) is 5.63. The van der Waals surface area contributed by atoms with Crippen LogP contribution in [-0.4, -0.2) is 13.7 Å². The van der Waals surface area contributed by atoms with Crippen molar-refractivity contribution < 1.29 is 4.74 Å². The second-order valence-corrected chi connectivity index (χ2v) is 6.01. The number of rotatable bonds is 6. The summed E-state index contributed by atoms with van der Waals surface area (Å²) in [5.41, 5.74) is 1.30. The lowest BCUT2D eigenvalue weighted by atomic mass is 9.83. The van der Waals surface area contributed by atoms with Crippen molar-refractivity contribution >= 4 is 15.9 Å². The highest BCUT2D eigenvalue weighted by Crippen LogP contribution is 2.30. The highest BCUT2D eigenvalue weighted by Gasteiger charge is 2.17. The summed E-state index contributed by atoms with van der Waals surface area (Å²) in [5.74, 6) is 1.87. The van der Waals surface area contributed by atoms with Crippen molar-refractivity contribution in [1.29, 1.82) is 0 Å². The maximum atomic E-state index is 5.25. The molecule has 1 atom stereocenters. The molecular formula is C15H22BrNO. The molecule has 1 fully saturated rings. The van der Waals surface area contributed by atoms with Crippen molar-refractivity contribution in [2.75, 3.05) is 13.7 Å². The van der Waals surface area contributed by atoms with Crippen LogP contribution in [0, 0.1) is 5.92 Å². The molecule has 1 aromatic carbocycles. The van der Waals surface area contributed by atoms with Crippen LogP contribution in [0.5, 0.6) is 5.75 Å². The summed E-state index contributed by atoms with van der Waals surface area (Å²) in [6.45, 7) is 3.34. The van der Waals surface area contributed by atoms with Crippen LogP contribution in [-0.2, 0) is 0 Å². The molecule has 2 nitrogen and oxygen atoms in total. The first-order valence-electron chi connectivity index (χ1n) is 6.77. The minimum atomic E-state index is 0.396. The van der Waals surface area contributed by atoms with E-state index in [9.17, 15) is 0 Å². The SMILES string of the molecule is COc1ccc(C(C)NCCC2CCC2)cc1Br. The second kappa shape index (κ2) is 6.58. The lowest BCUT2D eigenvalue weighted by Gasteiger charge is -2.26. The van der Waals surface area contributed by atoms with Gasteiger partial charge in [-0.25, -0.2) is 0 Å². The fourth-order valence-corrected chi connectivity index (χ4v) is 2.91. The highest BCUT2D eigenvalue weighted by atomic mass is 79.9. The molecule has 0 aromatic heterocycles. The highest BCUT2D eigenvalue weighted by molar-refractivity contribution is 9.10. The minimum absolute atomic E-state index is 0.396. The van der Waals surface area contributed by atoms with E-state index in [1.54, 1.807) is 7.11 Å². The van der Waals surface area contributed by atoms with Crippen molar-refractivity contribution in [2.45, 2.75) is 38.6 Å². The first-order valence-corrected chi connectivity index (χ1v) is 7.57. The fourth-order valence-electron chi connectivity index (χ4n) is 2.36. The smallest absolute Gasteiger partial charge is 0.133 e. The van der Waals surface area contributed by atoms with Gasteiger partial charge in [-0.1, -0.05) is 25.3 Å². The number of hydrogen-bond donors (Lipinski definition) is 1. The Kier molecular flexibility index (Phi) is 5.07. The first-order chi connectivity index (χ1) is 8.70. The lowest BCUT2D eigenvalue weighted by molar-refractivity contribution is 0.288. The molecule has 0 aliphatic heterocycles. The van der Waals surface area contributed by atoms with Gasteiger partial charge in [0.05, 0.1) is 11.6 Å². The molecular weight excluding hydrogens is 290 g/mol. The summed E-state index contributed by atoms with van der Waals surface area (Å²) >= 11 is 3.53. The number of hydrogen-bond acceptors (Lipinski definition) is 2. The van der Waals surface area contributed by atoms with Gasteiger partial charge < -0.3 is 10.1 Å². The summed E-state index contributed by atoms with van der Waals surface area (Å²) in [6, 6.07) is 6.68. The molecule has 0 spiro atoms. The molecule has 3 heteroatoms. The number of ether oxygens (including phenoxy) is 1. The Morgan fingerprint density at radius 3 is 2.78 bits per heavy atom. The Morgan fingerprint density at radius 2 is 2.22 bits per heavy atom. The molecule has 0 amide bonds. The maximum absolute atomic E-state index is 5.25. The summed E-state index contributed by atoms with van der Waals surface area (Å²) in [4.78, 5) is 0. The third-order valence-corrected chi connectivity index (χ3v) is 4.52. The Labute approximate surface area is 118 Å². The Balaban J connectivity index is 1.83. The summed E-state index contributed by atoms with van der Waals surface area (Å²) in [7, 11) is 1.69. The van der Waals surface area contributed by atoms with Crippen LogP contribution in [0.3, 0.4) is 0 Å². The Morgan fingerprint density at radius 1 is 1.44 bits per heavy atom. The van der Waals surface area contributed by atoms with Crippen LogP contribution in [0.25, 0.3) is 0 Å². The van der Waals surface area contributed by atoms with Crippen LogP contribution in [0.2, 0.25) is 0 Å². The topological polar surface area (TPSA) is 21.3 Å².